The second kappa shape index (κ2) is 5.85. The zero-order chi connectivity index (χ0) is 16.5. The third-order valence-electron chi connectivity index (χ3n) is 4.48. The van der Waals surface area contributed by atoms with Crippen LogP contribution in [0.15, 0.2) is 78.9 Å². The van der Waals surface area contributed by atoms with Gasteiger partial charge in [0.25, 0.3) is 0 Å². The summed E-state index contributed by atoms with van der Waals surface area (Å²) in [5, 5.41) is 10.2. The van der Waals surface area contributed by atoms with Gasteiger partial charge >= 0.3 is 0 Å². The maximum atomic E-state index is 13.1. The lowest BCUT2D eigenvalue weighted by molar-refractivity contribution is -0.118. The molecule has 0 fully saturated rings. The Balaban J connectivity index is 1.79. The third-order valence-corrected chi connectivity index (χ3v) is 4.48. The number of hydrogen-bond donors (Lipinski definition) is 1. The molecule has 0 aromatic heterocycles. The normalized spacial score (nSPS) is 16.2. The quantitative estimate of drug-likeness (QED) is 0.791. The summed E-state index contributed by atoms with van der Waals surface area (Å²) in [5.41, 5.74) is 3.60. The molecule has 0 saturated carbocycles. The van der Waals surface area contributed by atoms with Crippen LogP contribution in [-0.4, -0.2) is 11.0 Å². The van der Waals surface area contributed by atoms with Gasteiger partial charge in [-0.3, -0.25) is 4.79 Å². The molecule has 1 amide bonds. The highest BCUT2D eigenvalue weighted by Crippen LogP contribution is 2.43. The average molecular weight is 315 g/mol. The van der Waals surface area contributed by atoms with E-state index in [0.717, 1.165) is 16.8 Å². The molecule has 0 saturated heterocycles. The van der Waals surface area contributed by atoms with Gasteiger partial charge in [-0.05, 0) is 23.3 Å². The van der Waals surface area contributed by atoms with Crippen LogP contribution < -0.4 is 4.90 Å². The Hall–Kier alpha value is -3.07. The van der Waals surface area contributed by atoms with Crippen LogP contribution in [0.2, 0.25) is 0 Å². The van der Waals surface area contributed by atoms with E-state index in [1.165, 1.54) is 0 Å². The second-order valence-corrected chi connectivity index (χ2v) is 5.96. The summed E-state index contributed by atoms with van der Waals surface area (Å²) in [4.78, 5) is 14.9. The van der Waals surface area contributed by atoms with Crippen molar-refractivity contribution in [3.63, 3.8) is 0 Å². The first-order valence-electron chi connectivity index (χ1n) is 7.98. The lowest BCUT2D eigenvalue weighted by Crippen LogP contribution is -2.28. The second-order valence-electron chi connectivity index (χ2n) is 5.96. The van der Waals surface area contributed by atoms with E-state index in [0.29, 0.717) is 12.1 Å². The van der Waals surface area contributed by atoms with Crippen LogP contribution in [0.1, 0.15) is 22.6 Å². The van der Waals surface area contributed by atoms with Crippen LogP contribution in [0.3, 0.4) is 0 Å². The highest BCUT2D eigenvalue weighted by Gasteiger charge is 2.39. The number of aromatic hydroxyl groups is 1. The van der Waals surface area contributed by atoms with Gasteiger partial charge in [0.1, 0.15) is 5.75 Å². The molecule has 1 heterocycles. The van der Waals surface area contributed by atoms with E-state index in [9.17, 15) is 9.90 Å². The molecule has 0 bridgehead atoms. The molecule has 24 heavy (non-hydrogen) atoms. The largest absolute Gasteiger partial charge is 0.508 e. The highest BCUT2D eigenvalue weighted by molar-refractivity contribution is 6.07. The van der Waals surface area contributed by atoms with Crippen LogP contribution in [-0.2, 0) is 11.3 Å². The summed E-state index contributed by atoms with van der Waals surface area (Å²) in [6.07, 6.45) is 0. The summed E-state index contributed by atoms with van der Waals surface area (Å²) in [7, 11) is 0. The summed E-state index contributed by atoms with van der Waals surface area (Å²) in [5.74, 6) is -0.292. The number of para-hydroxylation sites is 2. The van der Waals surface area contributed by atoms with Crippen molar-refractivity contribution in [2.75, 3.05) is 4.90 Å². The first-order valence-corrected chi connectivity index (χ1v) is 7.98. The third kappa shape index (κ3) is 2.35. The Bertz CT molecular complexity index is 889. The molecule has 4 rings (SSSR count). The first kappa shape index (κ1) is 14.5. The van der Waals surface area contributed by atoms with Crippen LogP contribution in [0, 0.1) is 0 Å². The molecule has 1 aliphatic heterocycles. The van der Waals surface area contributed by atoms with E-state index < -0.39 is 5.92 Å². The van der Waals surface area contributed by atoms with Gasteiger partial charge in [-0.25, -0.2) is 0 Å². The number of phenolic OH excluding ortho intramolecular Hbond substituents is 1. The predicted octanol–water partition coefficient (Wildman–Crippen LogP) is 4.07. The SMILES string of the molecule is O=C1[C@@H](c2ccccc2O)c2ccccc2N1Cc1ccccc1. The van der Waals surface area contributed by atoms with Crippen molar-refractivity contribution in [1.82, 2.24) is 0 Å². The Morgan fingerprint density at radius 2 is 1.42 bits per heavy atom. The fourth-order valence-corrected chi connectivity index (χ4v) is 3.35. The van der Waals surface area contributed by atoms with Gasteiger partial charge in [0.05, 0.1) is 12.5 Å². The molecule has 0 radical (unpaired) electrons. The van der Waals surface area contributed by atoms with Gasteiger partial charge in [0, 0.05) is 11.3 Å². The minimum absolute atomic E-state index is 0.00144. The van der Waals surface area contributed by atoms with Gasteiger partial charge in [-0.1, -0.05) is 66.7 Å². The molecule has 118 valence electrons. The molecule has 3 aromatic carbocycles. The van der Waals surface area contributed by atoms with E-state index in [1.54, 1.807) is 12.1 Å². The smallest absolute Gasteiger partial charge is 0.239 e. The van der Waals surface area contributed by atoms with Gasteiger partial charge in [0.2, 0.25) is 5.91 Å². The lowest BCUT2D eigenvalue weighted by atomic mass is 9.92. The van der Waals surface area contributed by atoms with Crippen molar-refractivity contribution in [3.05, 3.63) is 95.6 Å². The number of nitrogens with zero attached hydrogens (tertiary/aromatic N) is 1. The van der Waals surface area contributed by atoms with E-state index in [1.807, 2.05) is 71.6 Å². The topological polar surface area (TPSA) is 40.5 Å². The number of rotatable bonds is 3. The molecule has 1 N–H and O–H groups in total. The monoisotopic (exact) mass is 315 g/mol. The van der Waals surface area contributed by atoms with Crippen LogP contribution in [0.25, 0.3) is 0 Å². The van der Waals surface area contributed by atoms with Gasteiger partial charge in [-0.2, -0.15) is 0 Å². The van der Waals surface area contributed by atoms with Gasteiger partial charge in [-0.15, -0.1) is 0 Å². The molecule has 0 unspecified atom stereocenters. The minimum Gasteiger partial charge on any atom is -0.508 e. The molecule has 3 aromatic rings. The van der Waals surface area contributed by atoms with Crippen LogP contribution >= 0.6 is 0 Å². The van der Waals surface area contributed by atoms with Crippen molar-refractivity contribution in [1.29, 1.82) is 0 Å². The summed E-state index contributed by atoms with van der Waals surface area (Å²) in [6.45, 7) is 0.529. The summed E-state index contributed by atoms with van der Waals surface area (Å²) < 4.78 is 0. The van der Waals surface area contributed by atoms with E-state index in [4.69, 9.17) is 0 Å². The Labute approximate surface area is 140 Å². The average Bonchev–Trinajstić information content (AvgIpc) is 2.89. The predicted molar refractivity (Wildman–Crippen MR) is 94.0 cm³/mol. The van der Waals surface area contributed by atoms with Crippen molar-refractivity contribution in [2.24, 2.45) is 0 Å². The van der Waals surface area contributed by atoms with Gasteiger partial charge in [0.15, 0.2) is 0 Å². The van der Waals surface area contributed by atoms with Crippen molar-refractivity contribution in [3.8, 4) is 5.75 Å². The van der Waals surface area contributed by atoms with Gasteiger partial charge < -0.3 is 10.0 Å². The minimum atomic E-state index is -0.453. The van der Waals surface area contributed by atoms with Crippen LogP contribution in [0.4, 0.5) is 5.69 Å². The zero-order valence-electron chi connectivity index (χ0n) is 13.1. The maximum absolute atomic E-state index is 13.1. The number of carbonyl (C=O) groups is 1. The number of hydrogen-bond acceptors (Lipinski definition) is 2. The molecule has 1 atom stereocenters. The number of amides is 1. The zero-order valence-corrected chi connectivity index (χ0v) is 13.1. The molecule has 0 spiro atoms. The highest BCUT2D eigenvalue weighted by atomic mass is 16.3. The maximum Gasteiger partial charge on any atom is 0.239 e. The lowest BCUT2D eigenvalue weighted by Gasteiger charge is -2.18. The molecular weight excluding hydrogens is 298 g/mol. The van der Waals surface area contributed by atoms with E-state index in [-0.39, 0.29) is 11.7 Å². The summed E-state index contributed by atoms with van der Waals surface area (Å²) in [6, 6.07) is 24.8. The Kier molecular flexibility index (Phi) is 3.54. The number of carbonyl (C=O) groups excluding carboxylic acids is 1. The van der Waals surface area contributed by atoms with Crippen molar-refractivity contribution in [2.45, 2.75) is 12.5 Å². The Morgan fingerprint density at radius 1 is 0.792 bits per heavy atom. The standard InChI is InChI=1S/C21H17NO2/c23-19-13-7-5-11-17(19)20-16-10-4-6-12-18(16)22(21(20)24)14-15-8-2-1-3-9-15/h1-13,20,23H,14H2/t20-/m1/s1. The number of benzene rings is 3. The molecule has 3 heteroatoms. The van der Waals surface area contributed by atoms with E-state index in [2.05, 4.69) is 0 Å². The van der Waals surface area contributed by atoms with Crippen LogP contribution in [0.5, 0.6) is 5.75 Å². The molecular formula is C21H17NO2. The fourth-order valence-electron chi connectivity index (χ4n) is 3.35. The summed E-state index contributed by atoms with van der Waals surface area (Å²) >= 11 is 0. The number of phenols is 1. The molecule has 1 aliphatic rings. The molecule has 3 nitrogen and oxygen atoms in total. The van der Waals surface area contributed by atoms with Crippen molar-refractivity contribution >= 4 is 11.6 Å². The fraction of sp³-hybridized carbons (Fsp3) is 0.0952. The number of anilines is 1. The first-order chi connectivity index (χ1) is 11.8. The number of fused-ring (bicyclic) bond motifs is 1. The molecule has 0 aliphatic carbocycles. The van der Waals surface area contributed by atoms with E-state index >= 15 is 0 Å². The van der Waals surface area contributed by atoms with Crippen molar-refractivity contribution < 1.29 is 9.90 Å². The Morgan fingerprint density at radius 3 is 2.17 bits per heavy atom.